The summed E-state index contributed by atoms with van der Waals surface area (Å²) in [6.45, 7) is 2.10. The number of aromatic nitrogens is 3. The van der Waals surface area contributed by atoms with Gasteiger partial charge in [0.2, 0.25) is 5.91 Å². The molecule has 40 heavy (non-hydrogen) atoms. The first-order valence-electron chi connectivity index (χ1n) is 12.4. The lowest BCUT2D eigenvalue weighted by Crippen LogP contribution is -2.22. The molecular formula is C29H26N4O4S3. The zero-order chi connectivity index (χ0) is 28.2. The van der Waals surface area contributed by atoms with Crippen LogP contribution in [0.4, 0.5) is 5.69 Å². The molecule has 5 rings (SSSR count). The first-order valence-corrected chi connectivity index (χ1v) is 14.6. The van der Waals surface area contributed by atoms with Crippen molar-refractivity contribution in [3.05, 3.63) is 92.7 Å². The van der Waals surface area contributed by atoms with Crippen LogP contribution in [-0.2, 0) is 11.2 Å². The van der Waals surface area contributed by atoms with E-state index in [1.165, 1.54) is 40.3 Å². The summed E-state index contributed by atoms with van der Waals surface area (Å²) in [6.07, 6.45) is 0.918. The average Bonchev–Trinajstić information content (AvgIpc) is 3.32. The number of thioether (sulfide) groups is 1. The Bertz CT molecular complexity index is 1800. The van der Waals surface area contributed by atoms with Crippen LogP contribution in [0.15, 0.2) is 82.7 Å². The minimum Gasteiger partial charge on any atom is -0.497 e. The van der Waals surface area contributed by atoms with Crippen molar-refractivity contribution in [1.29, 1.82) is 0 Å². The maximum Gasteiger partial charge on any atom is 0.278 e. The maximum atomic E-state index is 13.9. The van der Waals surface area contributed by atoms with Crippen LogP contribution in [0.3, 0.4) is 0 Å². The van der Waals surface area contributed by atoms with Gasteiger partial charge in [-0.15, -0.1) is 0 Å². The molecule has 0 spiro atoms. The number of benzene rings is 3. The summed E-state index contributed by atoms with van der Waals surface area (Å²) in [7, 11) is 3.09. The molecule has 2 heterocycles. The number of amides is 1. The molecular weight excluding hydrogens is 565 g/mol. The van der Waals surface area contributed by atoms with Gasteiger partial charge in [-0.2, -0.15) is 0 Å². The number of hydrogen-bond acceptors (Lipinski definition) is 8. The molecule has 204 valence electrons. The van der Waals surface area contributed by atoms with E-state index >= 15 is 0 Å². The van der Waals surface area contributed by atoms with E-state index in [1.54, 1.807) is 25.3 Å². The van der Waals surface area contributed by atoms with E-state index in [9.17, 15) is 9.59 Å². The molecule has 0 aliphatic rings. The molecule has 8 nitrogen and oxygen atoms in total. The Morgan fingerprint density at radius 3 is 2.40 bits per heavy atom. The fourth-order valence-electron chi connectivity index (χ4n) is 4.16. The van der Waals surface area contributed by atoms with Crippen LogP contribution in [0.25, 0.3) is 21.7 Å². The summed E-state index contributed by atoms with van der Waals surface area (Å²) in [5, 5.41) is 3.25. The van der Waals surface area contributed by atoms with Gasteiger partial charge in [0.1, 0.15) is 16.2 Å². The van der Waals surface area contributed by atoms with Crippen LogP contribution in [-0.4, -0.2) is 40.0 Å². The van der Waals surface area contributed by atoms with Gasteiger partial charge < -0.3 is 14.8 Å². The number of ether oxygens (including phenoxy) is 2. The smallest absolute Gasteiger partial charge is 0.278 e. The number of para-hydroxylation sites is 1. The Morgan fingerprint density at radius 1 is 1.00 bits per heavy atom. The van der Waals surface area contributed by atoms with Gasteiger partial charge in [0.15, 0.2) is 14.8 Å². The average molecular weight is 591 g/mol. The molecule has 0 fully saturated rings. The van der Waals surface area contributed by atoms with E-state index in [2.05, 4.69) is 12.2 Å². The minimum atomic E-state index is -0.278. The summed E-state index contributed by atoms with van der Waals surface area (Å²) in [5.74, 6) is 0.823. The lowest BCUT2D eigenvalue weighted by molar-refractivity contribution is -0.113. The molecule has 0 radical (unpaired) electrons. The second-order valence-corrected chi connectivity index (χ2v) is 11.2. The number of fused-ring (bicyclic) bond motifs is 1. The van der Waals surface area contributed by atoms with Crippen molar-refractivity contribution in [2.45, 2.75) is 18.5 Å². The summed E-state index contributed by atoms with van der Waals surface area (Å²) in [4.78, 5) is 31.8. The Morgan fingerprint density at radius 2 is 1.73 bits per heavy atom. The third kappa shape index (κ3) is 5.53. The highest BCUT2D eigenvalue weighted by Gasteiger charge is 2.20. The molecule has 0 bridgehead atoms. The van der Waals surface area contributed by atoms with Crippen molar-refractivity contribution in [2.24, 2.45) is 0 Å². The van der Waals surface area contributed by atoms with Crippen molar-refractivity contribution in [3.63, 3.8) is 0 Å². The third-order valence-corrected chi connectivity index (χ3v) is 8.50. The molecule has 1 amide bonds. The van der Waals surface area contributed by atoms with Gasteiger partial charge in [0, 0.05) is 11.8 Å². The van der Waals surface area contributed by atoms with Gasteiger partial charge in [0.25, 0.3) is 5.56 Å². The van der Waals surface area contributed by atoms with Crippen LogP contribution < -0.4 is 20.3 Å². The van der Waals surface area contributed by atoms with Gasteiger partial charge in [-0.25, -0.2) is 4.98 Å². The number of hydrogen-bond donors (Lipinski definition) is 1. The first kappa shape index (κ1) is 27.6. The first-order chi connectivity index (χ1) is 19.4. The number of carbonyl (C=O) groups is 1. The van der Waals surface area contributed by atoms with Crippen molar-refractivity contribution in [3.8, 4) is 22.9 Å². The van der Waals surface area contributed by atoms with E-state index in [0.29, 0.717) is 42.3 Å². The number of thiazole rings is 1. The summed E-state index contributed by atoms with van der Waals surface area (Å²) in [5.41, 5.74) is 3.43. The predicted octanol–water partition coefficient (Wildman–Crippen LogP) is 6.28. The van der Waals surface area contributed by atoms with Crippen LogP contribution >= 0.6 is 35.3 Å². The number of nitrogens with zero attached hydrogens (tertiary/aromatic N) is 3. The van der Waals surface area contributed by atoms with Crippen LogP contribution in [0, 0.1) is 3.95 Å². The summed E-state index contributed by atoms with van der Waals surface area (Å²) >= 11 is 8.08. The van der Waals surface area contributed by atoms with Gasteiger partial charge >= 0.3 is 0 Å². The number of anilines is 1. The zero-order valence-electron chi connectivity index (χ0n) is 22.0. The third-order valence-electron chi connectivity index (χ3n) is 6.21. The second-order valence-electron chi connectivity index (χ2n) is 8.65. The zero-order valence-corrected chi connectivity index (χ0v) is 24.5. The SMILES string of the molecule is CCc1ccc(-n2c(=S)sc3c(=O)n(-c4ccccc4)c(SCC(=O)Nc4ccc(OC)cc4OC)nc32)cc1. The molecule has 0 saturated heterocycles. The number of nitrogens with one attached hydrogen (secondary N) is 1. The Kier molecular flexibility index (Phi) is 8.34. The summed E-state index contributed by atoms with van der Waals surface area (Å²) in [6, 6.07) is 22.4. The molecule has 11 heteroatoms. The number of methoxy groups -OCH3 is 2. The quantitative estimate of drug-likeness (QED) is 0.123. The van der Waals surface area contributed by atoms with Gasteiger partial charge in [-0.3, -0.25) is 18.7 Å². The van der Waals surface area contributed by atoms with Crippen molar-refractivity contribution < 1.29 is 14.3 Å². The Balaban J connectivity index is 1.54. The largest absolute Gasteiger partial charge is 0.497 e. The van der Waals surface area contributed by atoms with E-state index < -0.39 is 0 Å². The molecule has 0 aliphatic heterocycles. The maximum absolute atomic E-state index is 13.9. The molecule has 0 saturated carbocycles. The molecule has 1 N–H and O–H groups in total. The Labute approximate surface area is 244 Å². The predicted molar refractivity (Wildman–Crippen MR) is 164 cm³/mol. The molecule has 5 aromatic rings. The molecule has 0 atom stereocenters. The fourth-order valence-corrected chi connectivity index (χ4v) is 6.27. The van der Waals surface area contributed by atoms with Crippen LogP contribution in [0.1, 0.15) is 12.5 Å². The number of carbonyl (C=O) groups excluding carboxylic acids is 1. The van der Waals surface area contributed by atoms with E-state index in [1.807, 2.05) is 59.2 Å². The standard InChI is InChI=1S/C29H26N4O4S3/c1-4-18-10-12-20(13-11-18)32-26-25(40-29(32)38)27(35)33(19-8-6-5-7-9-19)28(31-26)39-17-24(34)30-22-15-14-21(36-2)16-23(22)37-3/h5-16H,4,17H2,1-3H3,(H,30,34). The van der Waals surface area contributed by atoms with Gasteiger partial charge in [-0.1, -0.05) is 60.4 Å². The number of aryl methyl sites for hydroxylation is 1. The van der Waals surface area contributed by atoms with E-state index in [0.717, 1.165) is 12.1 Å². The lowest BCUT2D eigenvalue weighted by atomic mass is 10.1. The topological polar surface area (TPSA) is 87.4 Å². The highest BCUT2D eigenvalue weighted by molar-refractivity contribution is 7.99. The molecule has 2 aromatic heterocycles. The van der Waals surface area contributed by atoms with Crippen molar-refractivity contribution >= 4 is 57.3 Å². The van der Waals surface area contributed by atoms with E-state index in [4.69, 9.17) is 26.7 Å². The highest BCUT2D eigenvalue weighted by Crippen LogP contribution is 2.30. The Hall–Kier alpha value is -3.93. The normalized spacial score (nSPS) is 11.0. The molecule has 0 unspecified atom stereocenters. The van der Waals surface area contributed by atoms with Crippen molar-refractivity contribution in [2.75, 3.05) is 25.3 Å². The van der Waals surface area contributed by atoms with Crippen LogP contribution in [0.5, 0.6) is 11.5 Å². The van der Waals surface area contributed by atoms with Gasteiger partial charge in [-0.05, 0) is 60.6 Å². The highest BCUT2D eigenvalue weighted by atomic mass is 32.2. The van der Waals surface area contributed by atoms with Crippen LogP contribution in [0.2, 0.25) is 0 Å². The lowest BCUT2D eigenvalue weighted by Gasteiger charge is -2.14. The van der Waals surface area contributed by atoms with E-state index in [-0.39, 0.29) is 17.2 Å². The number of rotatable bonds is 9. The monoisotopic (exact) mass is 590 g/mol. The van der Waals surface area contributed by atoms with Gasteiger partial charge in [0.05, 0.1) is 31.3 Å². The molecule has 3 aromatic carbocycles. The fraction of sp³-hybridized carbons (Fsp3) is 0.172. The molecule has 0 aliphatic carbocycles. The summed E-state index contributed by atoms with van der Waals surface area (Å²) < 4.78 is 14.9. The second kappa shape index (κ2) is 12.1. The van der Waals surface area contributed by atoms with Crippen molar-refractivity contribution in [1.82, 2.24) is 14.1 Å². The minimum absolute atomic E-state index is 0.00995.